The number of para-hydroxylation sites is 1. The molecule has 2 heterocycles. The van der Waals surface area contributed by atoms with Crippen LogP contribution in [-0.4, -0.2) is 17.5 Å². The molecule has 0 saturated carbocycles. The van der Waals surface area contributed by atoms with E-state index in [2.05, 4.69) is 21.2 Å². The van der Waals surface area contributed by atoms with Crippen LogP contribution in [0.25, 0.3) is 6.08 Å². The number of fused-ring (bicyclic) bond motifs is 1. The van der Waals surface area contributed by atoms with E-state index in [4.69, 9.17) is 0 Å². The summed E-state index contributed by atoms with van der Waals surface area (Å²) in [6.45, 7) is 1.47. The molecule has 134 valence electrons. The fourth-order valence-corrected chi connectivity index (χ4v) is 3.13. The summed E-state index contributed by atoms with van der Waals surface area (Å²) in [5.74, 6) is -0.327. The van der Waals surface area contributed by atoms with Crippen molar-refractivity contribution in [3.8, 4) is 0 Å². The van der Waals surface area contributed by atoms with Crippen molar-refractivity contribution < 1.29 is 9.59 Å². The van der Waals surface area contributed by atoms with Gasteiger partial charge in [-0.15, -0.1) is 0 Å². The molecule has 0 atom stereocenters. The van der Waals surface area contributed by atoms with E-state index in [1.54, 1.807) is 0 Å². The molecule has 2 aliphatic heterocycles. The van der Waals surface area contributed by atoms with Gasteiger partial charge in [-0.3, -0.25) is 9.59 Å². The minimum atomic E-state index is -0.216. The number of allylic oxidation sites excluding steroid dienone is 1. The summed E-state index contributed by atoms with van der Waals surface area (Å²) in [6.07, 6.45) is 4.40. The zero-order valence-corrected chi connectivity index (χ0v) is 14.7. The first-order chi connectivity index (χ1) is 13.1. The van der Waals surface area contributed by atoms with Gasteiger partial charge in [0.25, 0.3) is 5.91 Å². The summed E-state index contributed by atoms with van der Waals surface area (Å²) >= 11 is 0. The highest BCUT2D eigenvalue weighted by atomic mass is 16.2. The summed E-state index contributed by atoms with van der Waals surface area (Å²) in [5, 5.41) is 10.3. The molecular weight excluding hydrogens is 340 g/mol. The number of anilines is 2. The zero-order valence-electron chi connectivity index (χ0n) is 14.7. The largest absolute Gasteiger partial charge is 0.354 e. The molecule has 6 heteroatoms. The van der Waals surface area contributed by atoms with Crippen LogP contribution in [0.1, 0.15) is 18.1 Å². The van der Waals surface area contributed by atoms with E-state index in [9.17, 15) is 9.59 Å². The number of carbonyl (C=O) groups excluding carboxylic acids is 2. The molecule has 0 aliphatic carbocycles. The lowest BCUT2D eigenvalue weighted by Gasteiger charge is -2.17. The van der Waals surface area contributed by atoms with Gasteiger partial charge >= 0.3 is 0 Å². The van der Waals surface area contributed by atoms with E-state index in [-0.39, 0.29) is 11.8 Å². The van der Waals surface area contributed by atoms with Crippen LogP contribution in [0, 0.1) is 0 Å². The van der Waals surface area contributed by atoms with Crippen LogP contribution in [-0.2, 0) is 16.0 Å². The SMILES string of the molecule is CC(=O)Nc1ccc(CC2=NNC(=O)/C2=C2/C=Cc3ccccc3N2)cc1. The number of carbonyl (C=O) groups is 2. The van der Waals surface area contributed by atoms with Crippen molar-refractivity contribution in [2.45, 2.75) is 13.3 Å². The van der Waals surface area contributed by atoms with Crippen LogP contribution < -0.4 is 16.1 Å². The molecule has 0 aromatic heterocycles. The van der Waals surface area contributed by atoms with Crippen LogP contribution in [0.4, 0.5) is 11.4 Å². The Morgan fingerprint density at radius 2 is 1.85 bits per heavy atom. The maximum absolute atomic E-state index is 12.4. The molecule has 2 aliphatic rings. The van der Waals surface area contributed by atoms with Gasteiger partial charge in [0.15, 0.2) is 0 Å². The summed E-state index contributed by atoms with van der Waals surface area (Å²) in [5.41, 5.74) is 8.29. The Balaban J connectivity index is 1.58. The summed E-state index contributed by atoms with van der Waals surface area (Å²) in [4.78, 5) is 23.5. The van der Waals surface area contributed by atoms with Gasteiger partial charge in [0, 0.05) is 24.7 Å². The Morgan fingerprint density at radius 3 is 2.63 bits per heavy atom. The van der Waals surface area contributed by atoms with E-state index in [1.165, 1.54) is 6.92 Å². The number of hydrogen-bond acceptors (Lipinski definition) is 4. The van der Waals surface area contributed by atoms with Gasteiger partial charge in [-0.1, -0.05) is 36.4 Å². The fourth-order valence-electron chi connectivity index (χ4n) is 3.13. The molecule has 2 aromatic rings. The van der Waals surface area contributed by atoms with E-state index in [1.807, 2.05) is 60.7 Å². The van der Waals surface area contributed by atoms with Crippen LogP contribution in [0.2, 0.25) is 0 Å². The van der Waals surface area contributed by atoms with Crippen molar-refractivity contribution in [2.24, 2.45) is 5.10 Å². The average molecular weight is 358 g/mol. The predicted octanol–water partition coefficient (Wildman–Crippen LogP) is 3.07. The highest BCUT2D eigenvalue weighted by molar-refractivity contribution is 6.26. The van der Waals surface area contributed by atoms with Gasteiger partial charge in [0.05, 0.1) is 17.0 Å². The van der Waals surface area contributed by atoms with Crippen molar-refractivity contribution in [1.82, 2.24) is 5.43 Å². The maximum atomic E-state index is 12.4. The van der Waals surface area contributed by atoms with Gasteiger partial charge < -0.3 is 10.6 Å². The van der Waals surface area contributed by atoms with Crippen LogP contribution in [0.3, 0.4) is 0 Å². The van der Waals surface area contributed by atoms with Crippen molar-refractivity contribution in [3.05, 3.63) is 77.0 Å². The minimum absolute atomic E-state index is 0.111. The molecule has 0 spiro atoms. The van der Waals surface area contributed by atoms with Crippen molar-refractivity contribution in [1.29, 1.82) is 0 Å². The summed E-state index contributed by atoms with van der Waals surface area (Å²) in [6, 6.07) is 15.4. The van der Waals surface area contributed by atoms with Crippen LogP contribution >= 0.6 is 0 Å². The number of amides is 2. The van der Waals surface area contributed by atoms with Gasteiger partial charge in [0.2, 0.25) is 5.91 Å². The van der Waals surface area contributed by atoms with Crippen molar-refractivity contribution >= 4 is 35.0 Å². The lowest BCUT2D eigenvalue weighted by atomic mass is 9.98. The number of hydrogen-bond donors (Lipinski definition) is 3. The van der Waals surface area contributed by atoms with E-state index in [0.717, 1.165) is 28.2 Å². The highest BCUT2D eigenvalue weighted by Gasteiger charge is 2.27. The first-order valence-corrected chi connectivity index (χ1v) is 8.62. The second kappa shape index (κ2) is 6.92. The second-order valence-electron chi connectivity index (χ2n) is 6.39. The third kappa shape index (κ3) is 3.50. The number of benzene rings is 2. The molecule has 0 radical (unpaired) electrons. The van der Waals surface area contributed by atoms with Crippen molar-refractivity contribution in [3.63, 3.8) is 0 Å². The molecule has 2 amide bonds. The monoisotopic (exact) mass is 358 g/mol. The van der Waals surface area contributed by atoms with Crippen LogP contribution in [0.15, 0.2) is 71.0 Å². The van der Waals surface area contributed by atoms with Gasteiger partial charge in [-0.2, -0.15) is 5.10 Å². The smallest absolute Gasteiger partial charge is 0.275 e. The lowest BCUT2D eigenvalue weighted by Crippen LogP contribution is -2.19. The zero-order chi connectivity index (χ0) is 18.8. The molecule has 6 nitrogen and oxygen atoms in total. The Kier molecular flexibility index (Phi) is 4.30. The Labute approximate surface area is 156 Å². The molecule has 0 fully saturated rings. The molecule has 0 saturated heterocycles. The standard InChI is InChI=1S/C21H18N4O2/c1-13(26)22-16-9-6-14(7-10-16)12-19-20(21(27)25-24-19)18-11-8-15-4-2-3-5-17(15)23-18/h2-11,23H,12H2,1H3,(H,22,26)(H,25,27)/b20-18-. The third-order valence-electron chi connectivity index (χ3n) is 4.38. The average Bonchev–Trinajstić information content (AvgIpc) is 3.02. The van der Waals surface area contributed by atoms with E-state index >= 15 is 0 Å². The number of hydrazone groups is 1. The molecular formula is C21H18N4O2. The molecule has 0 bridgehead atoms. The maximum Gasteiger partial charge on any atom is 0.275 e. The molecule has 0 unspecified atom stereocenters. The Morgan fingerprint density at radius 1 is 1.07 bits per heavy atom. The van der Waals surface area contributed by atoms with Crippen molar-refractivity contribution in [2.75, 3.05) is 10.6 Å². The normalized spacial score (nSPS) is 17.7. The lowest BCUT2D eigenvalue weighted by molar-refractivity contribution is -0.116. The predicted molar refractivity (Wildman–Crippen MR) is 106 cm³/mol. The Bertz CT molecular complexity index is 1020. The molecule has 27 heavy (non-hydrogen) atoms. The van der Waals surface area contributed by atoms with E-state index in [0.29, 0.717) is 17.7 Å². The third-order valence-corrected chi connectivity index (χ3v) is 4.38. The van der Waals surface area contributed by atoms with Crippen LogP contribution in [0.5, 0.6) is 0 Å². The minimum Gasteiger partial charge on any atom is -0.354 e. The molecule has 3 N–H and O–H groups in total. The highest BCUT2D eigenvalue weighted by Crippen LogP contribution is 2.27. The summed E-state index contributed by atoms with van der Waals surface area (Å²) in [7, 11) is 0. The first kappa shape index (κ1) is 16.8. The molecule has 2 aromatic carbocycles. The van der Waals surface area contributed by atoms with Gasteiger partial charge in [0.1, 0.15) is 0 Å². The fraction of sp³-hybridized carbons (Fsp3) is 0.0952. The summed E-state index contributed by atoms with van der Waals surface area (Å²) < 4.78 is 0. The first-order valence-electron chi connectivity index (χ1n) is 8.62. The topological polar surface area (TPSA) is 82.6 Å². The number of nitrogens with one attached hydrogen (secondary N) is 3. The second-order valence-corrected chi connectivity index (χ2v) is 6.39. The number of nitrogens with zero attached hydrogens (tertiary/aromatic N) is 1. The number of rotatable bonds is 3. The quantitative estimate of drug-likeness (QED) is 0.738. The Hall–Kier alpha value is -3.67. The van der Waals surface area contributed by atoms with Gasteiger partial charge in [-0.25, -0.2) is 5.43 Å². The molecule has 4 rings (SSSR count). The van der Waals surface area contributed by atoms with Gasteiger partial charge in [-0.05, 0) is 35.4 Å². The van der Waals surface area contributed by atoms with E-state index < -0.39 is 0 Å².